The van der Waals surface area contributed by atoms with E-state index in [1.807, 2.05) is 73.1 Å². The first-order chi connectivity index (χ1) is 31.8. The molecule has 66 heavy (non-hydrogen) atoms. The Bertz CT molecular complexity index is 2190. The highest BCUT2D eigenvalue weighted by atomic mass is 127. The lowest BCUT2D eigenvalue weighted by molar-refractivity contribution is 0.153. The van der Waals surface area contributed by atoms with Crippen LogP contribution in [0.2, 0.25) is 10.0 Å². The van der Waals surface area contributed by atoms with Crippen molar-refractivity contribution in [2.24, 2.45) is 11.8 Å². The van der Waals surface area contributed by atoms with Crippen molar-refractivity contribution in [3.05, 3.63) is 188 Å². The van der Waals surface area contributed by atoms with E-state index >= 15 is 0 Å². The van der Waals surface area contributed by atoms with Gasteiger partial charge < -0.3 is 25.4 Å². The molecule has 2 aliphatic rings. The van der Waals surface area contributed by atoms with E-state index in [9.17, 15) is 4.39 Å². The van der Waals surface area contributed by atoms with E-state index in [2.05, 4.69) is 118 Å². The van der Waals surface area contributed by atoms with Crippen LogP contribution < -0.4 is 25.4 Å². The van der Waals surface area contributed by atoms with Crippen LogP contribution in [0.25, 0.3) is 0 Å². The van der Waals surface area contributed by atoms with Gasteiger partial charge in [0.2, 0.25) is 0 Å². The summed E-state index contributed by atoms with van der Waals surface area (Å²) < 4.78 is 24.7. The van der Waals surface area contributed by atoms with Gasteiger partial charge in [-0.25, -0.2) is 4.39 Å². The Morgan fingerprint density at radius 3 is 1.59 bits per heavy atom. The highest BCUT2D eigenvalue weighted by Gasteiger charge is 2.22. The Hall–Kier alpha value is -3.37. The van der Waals surface area contributed by atoms with Crippen LogP contribution in [0.4, 0.5) is 4.39 Å². The van der Waals surface area contributed by atoms with Gasteiger partial charge in [0.1, 0.15) is 23.9 Å². The number of rotatable bonds is 17. The van der Waals surface area contributed by atoms with Crippen LogP contribution in [0.3, 0.4) is 0 Å². The molecule has 2 aliphatic heterocycles. The highest BCUT2D eigenvalue weighted by Crippen LogP contribution is 2.26. The summed E-state index contributed by atoms with van der Waals surface area (Å²) in [6, 6.07) is 42.7. The minimum absolute atomic E-state index is 0. The maximum atomic E-state index is 12.3. The van der Waals surface area contributed by atoms with Crippen molar-refractivity contribution in [2.45, 2.75) is 37.8 Å². The van der Waals surface area contributed by atoms with Gasteiger partial charge in [-0.15, -0.1) is 12.4 Å². The summed E-state index contributed by atoms with van der Waals surface area (Å²) in [7, 11) is 0. The first-order valence-electron chi connectivity index (χ1n) is 22.4. The predicted octanol–water partition coefficient (Wildman–Crippen LogP) is 12.2. The van der Waals surface area contributed by atoms with Crippen molar-refractivity contribution in [2.75, 3.05) is 64.4 Å². The van der Waals surface area contributed by atoms with Gasteiger partial charge in [0.25, 0.3) is 0 Å². The minimum atomic E-state index is -0.240. The van der Waals surface area contributed by atoms with E-state index in [0.717, 1.165) is 90.9 Å². The van der Waals surface area contributed by atoms with Gasteiger partial charge in [-0.3, -0.25) is 14.9 Å². The summed E-state index contributed by atoms with van der Waals surface area (Å²) in [5.74, 6) is 2.82. The van der Waals surface area contributed by atoms with Crippen LogP contribution in [-0.2, 0) is 0 Å². The van der Waals surface area contributed by atoms with Gasteiger partial charge in [0, 0.05) is 37.9 Å². The lowest BCUT2D eigenvalue weighted by Crippen LogP contribution is -2.40. The van der Waals surface area contributed by atoms with E-state index < -0.39 is 0 Å². The second-order valence-corrected chi connectivity index (χ2v) is 19.0. The van der Waals surface area contributed by atoms with Crippen LogP contribution >= 0.6 is 74.1 Å². The van der Waals surface area contributed by atoms with Gasteiger partial charge in [0.05, 0.1) is 30.1 Å². The molecule has 2 fully saturated rings. The smallest absolute Gasteiger partial charge is 0.123 e. The van der Waals surface area contributed by atoms with Crippen LogP contribution in [0.5, 0.6) is 11.5 Å². The van der Waals surface area contributed by atoms with Crippen molar-refractivity contribution in [3.63, 3.8) is 0 Å². The Labute approximate surface area is 428 Å². The number of ether oxygens (including phenoxy) is 2. The molecule has 4 aromatic carbocycles. The van der Waals surface area contributed by atoms with Crippen LogP contribution in [0, 0.1) is 21.2 Å². The van der Waals surface area contributed by atoms with Crippen molar-refractivity contribution in [1.29, 1.82) is 0 Å². The molecule has 8 nitrogen and oxygen atoms in total. The molecular weight excluding hydrogens is 1070 g/mol. The number of pyridine rings is 2. The molecule has 0 spiro atoms. The van der Waals surface area contributed by atoms with Crippen molar-refractivity contribution < 1.29 is 13.9 Å². The maximum absolute atomic E-state index is 12.3. The van der Waals surface area contributed by atoms with Gasteiger partial charge in [-0.05, 0) is 208 Å². The third kappa shape index (κ3) is 19.0. The number of nitrogens with zero attached hydrogens (tertiary/aromatic N) is 3. The number of hydrogen-bond donors (Lipinski definition) is 3. The van der Waals surface area contributed by atoms with Gasteiger partial charge in [-0.1, -0.05) is 75.5 Å². The average Bonchev–Trinajstić information content (AvgIpc) is 3.35. The summed E-state index contributed by atoms with van der Waals surface area (Å²) >= 11 is 17.7. The minimum Gasteiger partial charge on any atom is -0.493 e. The zero-order valence-electron chi connectivity index (χ0n) is 37.0. The van der Waals surface area contributed by atoms with E-state index in [4.69, 9.17) is 32.7 Å². The molecule has 0 radical (unpaired) electrons. The number of nitrogens with one attached hydrogen (secondary N) is 3. The molecule has 8 rings (SSSR count). The molecule has 0 amide bonds. The van der Waals surface area contributed by atoms with E-state index in [1.165, 1.54) is 52.5 Å². The van der Waals surface area contributed by atoms with Gasteiger partial charge in [0.15, 0.2) is 0 Å². The number of piperidine rings is 2. The predicted molar refractivity (Wildman–Crippen MR) is 283 cm³/mol. The van der Waals surface area contributed by atoms with E-state index in [-0.39, 0.29) is 30.3 Å². The first kappa shape index (κ1) is 53.6. The summed E-state index contributed by atoms with van der Waals surface area (Å²) in [5.41, 5.74) is 4.49. The monoisotopic (exact) mass is 1130 g/mol. The zero-order chi connectivity index (χ0) is 45.5. The molecule has 0 saturated carbocycles. The third-order valence-electron chi connectivity index (χ3n) is 11.4. The third-order valence-corrected chi connectivity index (χ3v) is 13.0. The normalized spacial score (nSPS) is 15.2. The molecule has 0 bridgehead atoms. The molecule has 14 heteroatoms. The molecule has 352 valence electrons. The van der Waals surface area contributed by atoms with E-state index in [0.29, 0.717) is 18.3 Å². The molecule has 6 aromatic rings. The van der Waals surface area contributed by atoms with Crippen molar-refractivity contribution in [1.82, 2.24) is 30.8 Å². The molecule has 4 heterocycles. The van der Waals surface area contributed by atoms with Crippen molar-refractivity contribution >= 4 is 74.1 Å². The lowest BCUT2D eigenvalue weighted by Gasteiger charge is -2.33. The number of aromatic nitrogens is 2. The largest absolute Gasteiger partial charge is 0.493 e. The summed E-state index contributed by atoms with van der Waals surface area (Å²) in [5, 5.41) is 13.2. The quantitative estimate of drug-likeness (QED) is 0.0616. The fourth-order valence-corrected chi connectivity index (χ4v) is 8.54. The molecule has 2 unspecified atom stereocenters. The second-order valence-electron chi connectivity index (χ2n) is 16.1. The lowest BCUT2D eigenvalue weighted by atomic mass is 9.95. The number of hydrogen-bond acceptors (Lipinski definition) is 8. The molecular formula is C52H60BrCl3FIN6O2. The summed E-state index contributed by atoms with van der Waals surface area (Å²) in [6.07, 6.45) is 8.59. The van der Waals surface area contributed by atoms with Gasteiger partial charge in [-0.2, -0.15) is 0 Å². The topological polar surface area (TPSA) is 83.6 Å². The van der Waals surface area contributed by atoms with Crippen molar-refractivity contribution in [3.8, 4) is 11.5 Å². The van der Waals surface area contributed by atoms with Gasteiger partial charge >= 0.3 is 0 Å². The standard InChI is InChI=1S/C26H29ClIN3O.C18H22ClN3.C8H8BrFO.ClH/c27-22-6-4-21(5-7-22)26(25-3-1-2-14-29-25)30-19-20-12-15-31(16-13-20)17-18-32-24-10-8-23(28)9-11-24;19-16-6-4-15(5-7-16)18(17-3-1-2-10-21-17)22-13-14-8-11-20-12-9-14;9-5-6-11-8-3-1-7(10)2-4-8;/h1-11,14,20,26,30H,12-13,15-19H2;1-7,10,14,18,20,22H,8-9,11-13H2;1-4H,5-6H2;1H. The average molecular weight is 1130 g/mol. The zero-order valence-corrected chi connectivity index (χ0v) is 43.1. The number of likely N-dealkylation sites (tertiary alicyclic amines) is 1. The van der Waals surface area contributed by atoms with Crippen LogP contribution in [0.1, 0.15) is 60.3 Å². The summed E-state index contributed by atoms with van der Waals surface area (Å²) in [4.78, 5) is 11.6. The number of halogens is 6. The summed E-state index contributed by atoms with van der Waals surface area (Å²) in [6.45, 7) is 8.82. The Balaban J connectivity index is 0.000000207. The number of benzene rings is 4. The second kappa shape index (κ2) is 30.2. The molecule has 3 N–H and O–H groups in total. The molecule has 2 saturated heterocycles. The molecule has 2 atom stereocenters. The Kier molecular flexibility index (Phi) is 24.5. The number of alkyl halides is 1. The SMILES string of the molecule is Cl.Clc1ccc(C(NCC2CCN(CCOc3ccc(I)cc3)CC2)c2ccccn2)cc1.Clc1ccc(C(NCC2CCNCC2)c2ccccn2)cc1.Fc1ccc(OCCBr)cc1. The maximum Gasteiger partial charge on any atom is 0.123 e. The fourth-order valence-electron chi connectivity index (χ4n) is 7.77. The van der Waals surface area contributed by atoms with E-state index in [1.54, 1.807) is 12.1 Å². The highest BCUT2D eigenvalue weighted by molar-refractivity contribution is 14.1. The van der Waals surface area contributed by atoms with Crippen LogP contribution in [-0.4, -0.2) is 79.2 Å². The van der Waals surface area contributed by atoms with Crippen LogP contribution in [0.15, 0.2) is 146 Å². The Morgan fingerprint density at radius 1 is 0.652 bits per heavy atom. The molecule has 2 aromatic heterocycles. The Morgan fingerprint density at radius 2 is 1.12 bits per heavy atom. The molecule has 0 aliphatic carbocycles. The first-order valence-corrected chi connectivity index (χ1v) is 25.3. The fraction of sp³-hybridized carbons (Fsp3) is 0.346.